The normalized spacial score (nSPS) is 10.2. The number of carbonyl (C=O) groups is 2. The lowest BCUT2D eigenvalue weighted by atomic mass is 10.1. The molecule has 8 heteroatoms. The summed E-state index contributed by atoms with van der Waals surface area (Å²) in [6, 6.07) is 9.41. The second-order valence-corrected chi connectivity index (χ2v) is 6.28. The van der Waals surface area contributed by atoms with Crippen molar-refractivity contribution < 1.29 is 19.2 Å². The zero-order valence-electron chi connectivity index (χ0n) is 13.5. The molecule has 0 aromatic heterocycles. The number of nitro benzene ring substituents is 1. The summed E-state index contributed by atoms with van der Waals surface area (Å²) in [5.41, 5.74) is 2.34. The number of nitro groups is 1. The number of benzene rings is 2. The molecule has 1 amide bonds. The standard InChI is InChI=1S/C17H15BrN2O5/c1-10-5-11(2)7-13(6-10)19-16(21)9-25-17(22)12-3-4-14(18)15(8-12)20(23)24/h3-8H,9H2,1-2H3,(H,19,21). The van der Waals surface area contributed by atoms with Gasteiger partial charge in [-0.05, 0) is 65.2 Å². The first kappa shape index (κ1) is 18.6. The van der Waals surface area contributed by atoms with E-state index in [1.807, 2.05) is 19.9 Å². The zero-order chi connectivity index (χ0) is 18.6. The molecule has 0 spiro atoms. The van der Waals surface area contributed by atoms with Crippen molar-refractivity contribution in [3.05, 3.63) is 67.7 Å². The zero-order valence-corrected chi connectivity index (χ0v) is 15.1. The van der Waals surface area contributed by atoms with Gasteiger partial charge in [0.1, 0.15) is 0 Å². The van der Waals surface area contributed by atoms with Gasteiger partial charge in [0.05, 0.1) is 15.0 Å². The molecule has 0 saturated carbocycles. The number of carbonyl (C=O) groups excluding carboxylic acids is 2. The number of esters is 1. The Morgan fingerprint density at radius 2 is 1.80 bits per heavy atom. The van der Waals surface area contributed by atoms with Crippen LogP contribution in [0.2, 0.25) is 0 Å². The minimum Gasteiger partial charge on any atom is -0.452 e. The molecule has 0 aliphatic heterocycles. The maximum Gasteiger partial charge on any atom is 0.338 e. The van der Waals surface area contributed by atoms with Gasteiger partial charge in [-0.3, -0.25) is 14.9 Å². The lowest BCUT2D eigenvalue weighted by molar-refractivity contribution is -0.385. The van der Waals surface area contributed by atoms with Crippen molar-refractivity contribution in [2.45, 2.75) is 13.8 Å². The van der Waals surface area contributed by atoms with Crippen LogP contribution in [0.3, 0.4) is 0 Å². The molecule has 2 rings (SSSR count). The van der Waals surface area contributed by atoms with Crippen LogP contribution >= 0.6 is 15.9 Å². The topological polar surface area (TPSA) is 98.5 Å². The number of amides is 1. The predicted octanol–water partition coefficient (Wildman–Crippen LogP) is 3.77. The van der Waals surface area contributed by atoms with E-state index in [0.29, 0.717) is 5.69 Å². The number of halogens is 1. The van der Waals surface area contributed by atoms with Gasteiger partial charge in [-0.1, -0.05) is 6.07 Å². The van der Waals surface area contributed by atoms with Gasteiger partial charge in [0.25, 0.3) is 11.6 Å². The van der Waals surface area contributed by atoms with Crippen molar-refractivity contribution in [1.29, 1.82) is 0 Å². The van der Waals surface area contributed by atoms with E-state index in [-0.39, 0.29) is 15.7 Å². The van der Waals surface area contributed by atoms with E-state index >= 15 is 0 Å². The molecule has 0 aliphatic carbocycles. The van der Waals surface area contributed by atoms with Crippen molar-refractivity contribution in [3.63, 3.8) is 0 Å². The maximum atomic E-state index is 12.0. The van der Waals surface area contributed by atoms with Crippen LogP contribution < -0.4 is 5.32 Å². The van der Waals surface area contributed by atoms with Crippen molar-refractivity contribution in [3.8, 4) is 0 Å². The van der Waals surface area contributed by atoms with Crippen LogP contribution in [0.15, 0.2) is 40.9 Å². The monoisotopic (exact) mass is 406 g/mol. The van der Waals surface area contributed by atoms with Crippen LogP contribution in [0.5, 0.6) is 0 Å². The quantitative estimate of drug-likeness (QED) is 0.462. The molecule has 0 atom stereocenters. The molecule has 2 aromatic rings. The molecule has 0 radical (unpaired) electrons. The maximum absolute atomic E-state index is 12.0. The van der Waals surface area contributed by atoms with Crippen molar-refractivity contribution in [1.82, 2.24) is 0 Å². The number of hydrogen-bond acceptors (Lipinski definition) is 5. The molecule has 0 bridgehead atoms. The predicted molar refractivity (Wildman–Crippen MR) is 95.6 cm³/mol. The van der Waals surface area contributed by atoms with Crippen molar-refractivity contribution in [2.24, 2.45) is 0 Å². The second-order valence-electron chi connectivity index (χ2n) is 5.42. The molecule has 0 unspecified atom stereocenters. The molecule has 25 heavy (non-hydrogen) atoms. The van der Waals surface area contributed by atoms with E-state index in [0.717, 1.165) is 17.2 Å². The minimum absolute atomic E-state index is 0.00546. The van der Waals surface area contributed by atoms with Crippen molar-refractivity contribution in [2.75, 3.05) is 11.9 Å². The summed E-state index contributed by atoms with van der Waals surface area (Å²) in [6.45, 7) is 3.32. The largest absolute Gasteiger partial charge is 0.452 e. The summed E-state index contributed by atoms with van der Waals surface area (Å²) in [7, 11) is 0. The van der Waals surface area contributed by atoms with E-state index in [4.69, 9.17) is 4.74 Å². The molecule has 130 valence electrons. The van der Waals surface area contributed by atoms with Crippen LogP contribution in [-0.2, 0) is 9.53 Å². The molecule has 0 saturated heterocycles. The van der Waals surface area contributed by atoms with Crippen LogP contribution in [0, 0.1) is 24.0 Å². The fraction of sp³-hybridized carbons (Fsp3) is 0.176. The number of ether oxygens (including phenoxy) is 1. The van der Waals surface area contributed by atoms with E-state index in [1.165, 1.54) is 12.1 Å². The molecule has 7 nitrogen and oxygen atoms in total. The van der Waals surface area contributed by atoms with E-state index < -0.39 is 23.4 Å². The third-order valence-electron chi connectivity index (χ3n) is 3.22. The fourth-order valence-electron chi connectivity index (χ4n) is 2.24. The molecule has 0 fully saturated rings. The Morgan fingerprint density at radius 3 is 2.40 bits per heavy atom. The summed E-state index contributed by atoms with van der Waals surface area (Å²) in [5, 5.41) is 13.5. The van der Waals surface area contributed by atoms with Gasteiger partial charge in [0.2, 0.25) is 0 Å². The highest BCUT2D eigenvalue weighted by Gasteiger charge is 2.17. The molecule has 0 heterocycles. The van der Waals surface area contributed by atoms with Gasteiger partial charge in [-0.2, -0.15) is 0 Å². The second kappa shape index (κ2) is 7.89. The Kier molecular flexibility index (Phi) is 5.87. The van der Waals surface area contributed by atoms with Crippen LogP contribution in [0.1, 0.15) is 21.5 Å². The molecule has 2 aromatic carbocycles. The lowest BCUT2D eigenvalue weighted by Crippen LogP contribution is -2.21. The Bertz CT molecular complexity index is 831. The smallest absolute Gasteiger partial charge is 0.338 e. The lowest BCUT2D eigenvalue weighted by Gasteiger charge is -2.08. The Hall–Kier alpha value is -2.74. The molecular weight excluding hydrogens is 392 g/mol. The number of hydrogen-bond donors (Lipinski definition) is 1. The van der Waals surface area contributed by atoms with Crippen LogP contribution in [-0.4, -0.2) is 23.4 Å². The molecule has 0 aliphatic rings. The average Bonchev–Trinajstić information content (AvgIpc) is 2.51. The number of rotatable bonds is 5. The summed E-state index contributed by atoms with van der Waals surface area (Å²) in [4.78, 5) is 34.1. The van der Waals surface area contributed by atoms with Gasteiger partial charge in [0.15, 0.2) is 6.61 Å². The van der Waals surface area contributed by atoms with Crippen LogP contribution in [0.25, 0.3) is 0 Å². The van der Waals surface area contributed by atoms with Gasteiger partial charge >= 0.3 is 5.97 Å². The Morgan fingerprint density at radius 1 is 1.16 bits per heavy atom. The Labute approximate surface area is 152 Å². The summed E-state index contributed by atoms with van der Waals surface area (Å²) < 4.78 is 5.16. The van der Waals surface area contributed by atoms with Gasteiger partial charge in [0, 0.05) is 11.8 Å². The fourth-order valence-corrected chi connectivity index (χ4v) is 2.63. The summed E-state index contributed by atoms with van der Waals surface area (Å²) >= 11 is 3.03. The van der Waals surface area contributed by atoms with Gasteiger partial charge < -0.3 is 10.1 Å². The first-order valence-corrected chi connectivity index (χ1v) is 8.05. The highest BCUT2D eigenvalue weighted by molar-refractivity contribution is 9.10. The minimum atomic E-state index is -0.814. The first-order chi connectivity index (χ1) is 11.8. The molecular formula is C17H15BrN2O5. The van der Waals surface area contributed by atoms with E-state index in [2.05, 4.69) is 21.2 Å². The third-order valence-corrected chi connectivity index (χ3v) is 3.89. The summed E-state index contributed by atoms with van der Waals surface area (Å²) in [6.07, 6.45) is 0. The van der Waals surface area contributed by atoms with Crippen LogP contribution in [0.4, 0.5) is 11.4 Å². The SMILES string of the molecule is Cc1cc(C)cc(NC(=O)COC(=O)c2ccc(Br)c([N+](=O)[O-])c2)c1. The Balaban J connectivity index is 1.98. The highest BCUT2D eigenvalue weighted by Crippen LogP contribution is 2.25. The summed E-state index contributed by atoms with van der Waals surface area (Å²) in [5.74, 6) is -1.31. The number of anilines is 1. The van der Waals surface area contributed by atoms with E-state index in [9.17, 15) is 19.7 Å². The number of nitrogens with zero attached hydrogens (tertiary/aromatic N) is 1. The average molecular weight is 407 g/mol. The first-order valence-electron chi connectivity index (χ1n) is 7.25. The van der Waals surface area contributed by atoms with E-state index in [1.54, 1.807) is 12.1 Å². The van der Waals surface area contributed by atoms with Gasteiger partial charge in [-0.15, -0.1) is 0 Å². The van der Waals surface area contributed by atoms with Crippen molar-refractivity contribution >= 4 is 39.2 Å². The third kappa shape index (κ3) is 5.12. The number of nitrogens with one attached hydrogen (secondary N) is 1. The highest BCUT2D eigenvalue weighted by atomic mass is 79.9. The molecule has 1 N–H and O–H groups in total. The van der Waals surface area contributed by atoms with Gasteiger partial charge in [-0.25, -0.2) is 4.79 Å². The number of aryl methyl sites for hydroxylation is 2.